The summed E-state index contributed by atoms with van der Waals surface area (Å²) in [6.45, 7) is 2.15. The number of hydrogen-bond donors (Lipinski definition) is 1. The molecule has 0 aliphatic heterocycles. The van der Waals surface area contributed by atoms with Gasteiger partial charge in [-0.1, -0.05) is 23.8 Å². The van der Waals surface area contributed by atoms with Crippen LogP contribution in [-0.4, -0.2) is 13.7 Å². The van der Waals surface area contributed by atoms with Gasteiger partial charge in [-0.05, 0) is 18.6 Å². The van der Waals surface area contributed by atoms with Gasteiger partial charge in [0.1, 0.15) is 5.75 Å². The van der Waals surface area contributed by atoms with E-state index in [1.807, 2.05) is 6.92 Å². The van der Waals surface area contributed by atoms with E-state index in [1.54, 1.807) is 12.2 Å². The molecule has 1 aromatic carbocycles. The summed E-state index contributed by atoms with van der Waals surface area (Å²) in [5.74, 6) is 0.00502. The lowest BCUT2D eigenvalue weighted by molar-refractivity contribution is 0.407. The summed E-state index contributed by atoms with van der Waals surface area (Å²) in [5, 5.41) is 0.0879. The summed E-state index contributed by atoms with van der Waals surface area (Å²) >= 11 is 5.73. The summed E-state index contributed by atoms with van der Waals surface area (Å²) < 4.78 is 18.8. The smallest absolute Gasteiger partial charge is 0.152 e. The summed E-state index contributed by atoms with van der Waals surface area (Å²) in [6, 6.07) is 1.54. The van der Waals surface area contributed by atoms with Crippen LogP contribution in [0.5, 0.6) is 5.75 Å². The number of nitrogens with two attached hydrogens (primary N) is 1. The van der Waals surface area contributed by atoms with E-state index in [2.05, 4.69) is 0 Å². The number of methoxy groups -OCH3 is 1. The van der Waals surface area contributed by atoms with Crippen LogP contribution in [0.25, 0.3) is 6.08 Å². The Labute approximate surface area is 93.5 Å². The first-order valence-corrected chi connectivity index (χ1v) is 4.88. The lowest BCUT2D eigenvalue weighted by Gasteiger charge is -2.10. The normalized spacial score (nSPS) is 11.0. The molecule has 0 atom stereocenters. The molecule has 0 bridgehead atoms. The van der Waals surface area contributed by atoms with Crippen molar-refractivity contribution >= 4 is 17.7 Å². The fourth-order valence-electron chi connectivity index (χ4n) is 1.37. The number of rotatable bonds is 3. The van der Waals surface area contributed by atoms with E-state index in [0.29, 0.717) is 17.9 Å². The highest BCUT2D eigenvalue weighted by Crippen LogP contribution is 2.32. The van der Waals surface area contributed by atoms with Crippen molar-refractivity contribution in [3.63, 3.8) is 0 Å². The molecule has 0 saturated heterocycles. The topological polar surface area (TPSA) is 35.2 Å². The van der Waals surface area contributed by atoms with E-state index in [0.717, 1.165) is 5.56 Å². The molecule has 4 heteroatoms. The predicted octanol–water partition coefficient (Wildman–Crippen LogP) is 2.77. The molecule has 0 radical (unpaired) electrons. The Bertz CT molecular complexity index is 391. The fourth-order valence-corrected chi connectivity index (χ4v) is 1.63. The molecule has 2 nitrogen and oxygen atoms in total. The Morgan fingerprint density at radius 2 is 2.27 bits per heavy atom. The van der Waals surface area contributed by atoms with Gasteiger partial charge in [0.2, 0.25) is 0 Å². The van der Waals surface area contributed by atoms with Crippen LogP contribution in [0.2, 0.25) is 5.02 Å². The maximum absolute atomic E-state index is 13.6. The molecule has 0 saturated carbocycles. The van der Waals surface area contributed by atoms with E-state index in [1.165, 1.54) is 13.2 Å². The Morgan fingerprint density at radius 3 is 2.80 bits per heavy atom. The molecule has 0 spiro atoms. The first kappa shape index (κ1) is 12.0. The average molecular weight is 230 g/mol. The summed E-state index contributed by atoms with van der Waals surface area (Å²) in [4.78, 5) is 0. The van der Waals surface area contributed by atoms with E-state index < -0.39 is 5.82 Å². The zero-order chi connectivity index (χ0) is 11.4. The third-order valence-electron chi connectivity index (χ3n) is 2.02. The molecule has 0 fully saturated rings. The Hall–Kier alpha value is -1.06. The minimum absolute atomic E-state index is 0.0879. The van der Waals surface area contributed by atoms with Crippen LogP contribution in [0.1, 0.15) is 11.1 Å². The van der Waals surface area contributed by atoms with Crippen LogP contribution >= 0.6 is 11.6 Å². The molecular formula is C11H13ClFNO. The van der Waals surface area contributed by atoms with Crippen LogP contribution < -0.4 is 10.5 Å². The number of ether oxygens (including phenoxy) is 1. The van der Waals surface area contributed by atoms with Crippen molar-refractivity contribution < 1.29 is 9.13 Å². The minimum atomic E-state index is -0.483. The molecule has 0 unspecified atom stereocenters. The largest absolute Gasteiger partial charge is 0.496 e. The van der Waals surface area contributed by atoms with Gasteiger partial charge in [0.05, 0.1) is 17.7 Å². The average Bonchev–Trinajstić information content (AvgIpc) is 2.21. The van der Waals surface area contributed by atoms with E-state index >= 15 is 0 Å². The van der Waals surface area contributed by atoms with Gasteiger partial charge < -0.3 is 10.5 Å². The molecular weight excluding hydrogens is 217 g/mol. The Morgan fingerprint density at radius 1 is 1.60 bits per heavy atom. The highest BCUT2D eigenvalue weighted by atomic mass is 35.5. The molecule has 0 heterocycles. The minimum Gasteiger partial charge on any atom is -0.496 e. The van der Waals surface area contributed by atoms with E-state index in [4.69, 9.17) is 22.1 Å². The quantitative estimate of drug-likeness (QED) is 0.865. The van der Waals surface area contributed by atoms with Crippen LogP contribution in [0.15, 0.2) is 12.1 Å². The molecule has 1 aromatic rings. The van der Waals surface area contributed by atoms with Gasteiger partial charge in [-0.3, -0.25) is 0 Å². The molecule has 0 aliphatic carbocycles. The van der Waals surface area contributed by atoms with Gasteiger partial charge in [0, 0.05) is 6.54 Å². The van der Waals surface area contributed by atoms with Crippen molar-refractivity contribution in [1.29, 1.82) is 0 Å². The van der Waals surface area contributed by atoms with Crippen LogP contribution in [0.4, 0.5) is 4.39 Å². The lowest BCUT2D eigenvalue weighted by Crippen LogP contribution is -1.97. The summed E-state index contributed by atoms with van der Waals surface area (Å²) in [6.07, 6.45) is 3.23. The molecule has 0 aliphatic rings. The van der Waals surface area contributed by atoms with Gasteiger partial charge in [-0.25, -0.2) is 4.39 Å². The molecule has 15 heavy (non-hydrogen) atoms. The number of halogens is 2. The maximum Gasteiger partial charge on any atom is 0.152 e. The van der Waals surface area contributed by atoms with Crippen LogP contribution in [0.3, 0.4) is 0 Å². The summed E-state index contributed by atoms with van der Waals surface area (Å²) in [5.41, 5.74) is 6.44. The second-order valence-electron chi connectivity index (χ2n) is 3.07. The second kappa shape index (κ2) is 5.14. The number of hydrogen-bond acceptors (Lipinski definition) is 2. The first-order valence-electron chi connectivity index (χ1n) is 4.51. The highest BCUT2D eigenvalue weighted by Gasteiger charge is 2.13. The van der Waals surface area contributed by atoms with Crippen LogP contribution in [-0.2, 0) is 0 Å². The van der Waals surface area contributed by atoms with Crippen molar-refractivity contribution in [3.05, 3.63) is 34.1 Å². The molecule has 0 amide bonds. The molecule has 2 N–H and O–H groups in total. The predicted molar refractivity (Wildman–Crippen MR) is 60.8 cm³/mol. The zero-order valence-corrected chi connectivity index (χ0v) is 9.44. The monoisotopic (exact) mass is 229 g/mol. The van der Waals surface area contributed by atoms with Gasteiger partial charge in [-0.15, -0.1) is 0 Å². The number of benzene rings is 1. The third-order valence-corrected chi connectivity index (χ3v) is 2.29. The van der Waals surface area contributed by atoms with Gasteiger partial charge >= 0.3 is 0 Å². The van der Waals surface area contributed by atoms with E-state index in [-0.39, 0.29) is 5.02 Å². The lowest BCUT2D eigenvalue weighted by atomic mass is 10.1. The number of aryl methyl sites for hydroxylation is 1. The zero-order valence-electron chi connectivity index (χ0n) is 8.68. The standard InChI is InChI=1S/C11H13ClFNO/c1-7-6-9(12)10(13)8(4-3-5-14)11(7)15-2/h3-4,6H,5,14H2,1-2H3/b4-3+. The van der Waals surface area contributed by atoms with Crippen LogP contribution in [0, 0.1) is 12.7 Å². The second-order valence-corrected chi connectivity index (χ2v) is 3.48. The van der Waals surface area contributed by atoms with Crippen molar-refractivity contribution in [3.8, 4) is 5.75 Å². The van der Waals surface area contributed by atoms with Crippen molar-refractivity contribution in [2.75, 3.05) is 13.7 Å². The SMILES string of the molecule is COc1c(C)cc(Cl)c(F)c1/C=C/CN. The van der Waals surface area contributed by atoms with Gasteiger partial charge in [0.25, 0.3) is 0 Å². The van der Waals surface area contributed by atoms with Crippen molar-refractivity contribution in [1.82, 2.24) is 0 Å². The third kappa shape index (κ3) is 2.49. The van der Waals surface area contributed by atoms with E-state index in [9.17, 15) is 4.39 Å². The molecule has 82 valence electrons. The summed E-state index contributed by atoms with van der Waals surface area (Å²) in [7, 11) is 1.50. The van der Waals surface area contributed by atoms with Crippen molar-refractivity contribution in [2.45, 2.75) is 6.92 Å². The first-order chi connectivity index (χ1) is 7.11. The molecule has 1 rings (SSSR count). The van der Waals surface area contributed by atoms with Crippen molar-refractivity contribution in [2.24, 2.45) is 5.73 Å². The Balaban J connectivity index is 3.36. The Kier molecular flexibility index (Phi) is 4.12. The van der Waals surface area contributed by atoms with Gasteiger partial charge in [0.15, 0.2) is 5.82 Å². The fraction of sp³-hybridized carbons (Fsp3) is 0.273. The maximum atomic E-state index is 13.6. The molecule has 0 aromatic heterocycles. The van der Waals surface area contributed by atoms with Gasteiger partial charge in [-0.2, -0.15) is 0 Å². The highest BCUT2D eigenvalue weighted by molar-refractivity contribution is 6.31.